The van der Waals surface area contributed by atoms with E-state index >= 15 is 0 Å². The standard InChI is InChI=1S/C23H27FN4O3/c1-14(2)12-28-8-9-30-18(13-28)11-25-22(29)19-10-20(16-4-6-17(24)7-5-16)26-23-21(19)15(3)27-31-23/h4-7,10,14,18H,8-9,11-13H2,1-3H3,(H,25,29). The second kappa shape index (κ2) is 9.11. The summed E-state index contributed by atoms with van der Waals surface area (Å²) in [6, 6.07) is 7.65. The molecule has 31 heavy (non-hydrogen) atoms. The summed E-state index contributed by atoms with van der Waals surface area (Å²) < 4.78 is 24.5. The normalized spacial score (nSPS) is 17.4. The van der Waals surface area contributed by atoms with E-state index in [0.29, 0.717) is 47.0 Å². The van der Waals surface area contributed by atoms with Gasteiger partial charge in [-0.05, 0) is 43.2 Å². The first-order chi connectivity index (χ1) is 14.9. The van der Waals surface area contributed by atoms with Crippen LogP contribution < -0.4 is 5.32 Å². The van der Waals surface area contributed by atoms with Gasteiger partial charge in [-0.15, -0.1) is 0 Å². The molecule has 0 aliphatic carbocycles. The van der Waals surface area contributed by atoms with Crippen LogP contribution in [0.5, 0.6) is 0 Å². The molecule has 0 radical (unpaired) electrons. The van der Waals surface area contributed by atoms with E-state index in [1.807, 2.05) is 0 Å². The SMILES string of the molecule is Cc1noc2nc(-c3ccc(F)cc3)cc(C(=O)NCC3CN(CC(C)C)CCO3)c12. The fourth-order valence-electron chi connectivity index (χ4n) is 3.93. The number of benzene rings is 1. The number of amides is 1. The van der Waals surface area contributed by atoms with Crippen molar-refractivity contribution in [2.75, 3.05) is 32.8 Å². The van der Waals surface area contributed by atoms with Gasteiger partial charge in [-0.25, -0.2) is 9.37 Å². The van der Waals surface area contributed by atoms with Crippen LogP contribution in [0.3, 0.4) is 0 Å². The number of nitrogens with one attached hydrogen (secondary N) is 1. The number of pyridine rings is 1. The fourth-order valence-corrected chi connectivity index (χ4v) is 3.93. The average Bonchev–Trinajstić information content (AvgIpc) is 3.12. The summed E-state index contributed by atoms with van der Waals surface area (Å²) in [6.45, 7) is 9.95. The Kier molecular flexibility index (Phi) is 6.29. The van der Waals surface area contributed by atoms with Gasteiger partial charge in [0, 0.05) is 31.7 Å². The molecule has 0 spiro atoms. The van der Waals surface area contributed by atoms with E-state index in [2.05, 4.69) is 34.2 Å². The summed E-state index contributed by atoms with van der Waals surface area (Å²) in [4.78, 5) is 19.9. The number of nitrogens with zero attached hydrogens (tertiary/aromatic N) is 3. The van der Waals surface area contributed by atoms with E-state index in [4.69, 9.17) is 9.26 Å². The van der Waals surface area contributed by atoms with E-state index in [1.54, 1.807) is 25.1 Å². The second-order valence-electron chi connectivity index (χ2n) is 8.37. The van der Waals surface area contributed by atoms with Crippen LogP contribution in [0.15, 0.2) is 34.9 Å². The van der Waals surface area contributed by atoms with Crippen molar-refractivity contribution < 1.29 is 18.4 Å². The number of morpholine rings is 1. The molecule has 3 aromatic rings. The second-order valence-corrected chi connectivity index (χ2v) is 8.37. The Labute approximate surface area is 180 Å². The number of hydrogen-bond donors (Lipinski definition) is 1. The van der Waals surface area contributed by atoms with Gasteiger partial charge in [0.25, 0.3) is 11.6 Å². The Balaban J connectivity index is 1.54. The van der Waals surface area contributed by atoms with E-state index in [-0.39, 0.29) is 23.5 Å². The number of rotatable bonds is 6. The Morgan fingerprint density at radius 1 is 1.32 bits per heavy atom. The highest BCUT2D eigenvalue weighted by Gasteiger charge is 2.23. The van der Waals surface area contributed by atoms with Crippen LogP contribution in [-0.2, 0) is 4.74 Å². The Bertz CT molecular complexity index is 1060. The maximum absolute atomic E-state index is 13.3. The van der Waals surface area contributed by atoms with Gasteiger partial charge in [-0.1, -0.05) is 19.0 Å². The van der Waals surface area contributed by atoms with Crippen LogP contribution in [0.25, 0.3) is 22.4 Å². The summed E-state index contributed by atoms with van der Waals surface area (Å²) >= 11 is 0. The molecule has 0 saturated carbocycles. The minimum atomic E-state index is -0.336. The quantitative estimate of drug-likeness (QED) is 0.651. The average molecular weight is 426 g/mol. The highest BCUT2D eigenvalue weighted by atomic mass is 19.1. The summed E-state index contributed by atoms with van der Waals surface area (Å²) in [6.07, 6.45) is -0.0612. The van der Waals surface area contributed by atoms with Crippen molar-refractivity contribution in [3.63, 3.8) is 0 Å². The number of hydrogen-bond acceptors (Lipinski definition) is 6. The topological polar surface area (TPSA) is 80.5 Å². The molecule has 1 aliphatic heterocycles. The molecule has 3 heterocycles. The number of aromatic nitrogens is 2. The lowest BCUT2D eigenvalue weighted by Crippen LogP contribution is -2.48. The zero-order chi connectivity index (χ0) is 22.0. The third-order valence-electron chi connectivity index (χ3n) is 5.34. The first kappa shape index (κ1) is 21.4. The largest absolute Gasteiger partial charge is 0.374 e. The lowest BCUT2D eigenvalue weighted by atomic mass is 10.0. The molecule has 1 aromatic carbocycles. The molecular weight excluding hydrogens is 399 g/mol. The number of fused-ring (bicyclic) bond motifs is 1. The molecule has 0 bridgehead atoms. The first-order valence-corrected chi connectivity index (χ1v) is 10.6. The van der Waals surface area contributed by atoms with E-state index in [1.165, 1.54) is 12.1 Å². The summed E-state index contributed by atoms with van der Waals surface area (Å²) in [5.41, 5.74) is 2.51. The predicted molar refractivity (Wildman–Crippen MR) is 115 cm³/mol. The fraction of sp³-hybridized carbons (Fsp3) is 0.435. The predicted octanol–water partition coefficient (Wildman–Crippen LogP) is 3.42. The van der Waals surface area contributed by atoms with Gasteiger partial charge in [-0.3, -0.25) is 9.69 Å². The molecule has 1 N–H and O–H groups in total. The molecule has 1 unspecified atom stereocenters. The van der Waals surface area contributed by atoms with Gasteiger partial charge in [0.05, 0.1) is 35.0 Å². The monoisotopic (exact) mass is 426 g/mol. The van der Waals surface area contributed by atoms with Crippen LogP contribution in [0.1, 0.15) is 29.9 Å². The van der Waals surface area contributed by atoms with Crippen LogP contribution in [-0.4, -0.2) is 59.8 Å². The van der Waals surface area contributed by atoms with Crippen LogP contribution in [0.4, 0.5) is 4.39 Å². The van der Waals surface area contributed by atoms with E-state index < -0.39 is 0 Å². The Hall–Kier alpha value is -2.84. The van der Waals surface area contributed by atoms with Crippen LogP contribution in [0.2, 0.25) is 0 Å². The number of carbonyl (C=O) groups excluding carboxylic acids is 1. The van der Waals surface area contributed by atoms with Gasteiger partial charge in [0.15, 0.2) is 0 Å². The van der Waals surface area contributed by atoms with Crippen LogP contribution in [0, 0.1) is 18.7 Å². The van der Waals surface area contributed by atoms with E-state index in [0.717, 1.165) is 19.6 Å². The van der Waals surface area contributed by atoms with Crippen molar-refractivity contribution in [1.29, 1.82) is 0 Å². The molecule has 1 saturated heterocycles. The van der Waals surface area contributed by atoms with Gasteiger partial charge in [0.2, 0.25) is 0 Å². The minimum Gasteiger partial charge on any atom is -0.374 e. The molecule has 1 atom stereocenters. The van der Waals surface area contributed by atoms with Crippen molar-refractivity contribution in [1.82, 2.24) is 20.4 Å². The van der Waals surface area contributed by atoms with Crippen molar-refractivity contribution in [2.24, 2.45) is 5.92 Å². The molecule has 8 heteroatoms. The molecule has 1 amide bonds. The third-order valence-corrected chi connectivity index (χ3v) is 5.34. The molecule has 7 nitrogen and oxygen atoms in total. The maximum Gasteiger partial charge on any atom is 0.259 e. The smallest absolute Gasteiger partial charge is 0.259 e. The number of carbonyl (C=O) groups is 1. The number of halogens is 1. The molecular formula is C23H27FN4O3. The highest BCUT2D eigenvalue weighted by Crippen LogP contribution is 2.27. The van der Waals surface area contributed by atoms with Gasteiger partial charge >= 0.3 is 0 Å². The maximum atomic E-state index is 13.3. The van der Waals surface area contributed by atoms with Crippen molar-refractivity contribution in [2.45, 2.75) is 26.9 Å². The highest BCUT2D eigenvalue weighted by molar-refractivity contribution is 6.07. The lowest BCUT2D eigenvalue weighted by molar-refractivity contribution is -0.0295. The summed E-state index contributed by atoms with van der Waals surface area (Å²) in [5, 5.41) is 7.54. The summed E-state index contributed by atoms with van der Waals surface area (Å²) in [7, 11) is 0. The Morgan fingerprint density at radius 2 is 2.10 bits per heavy atom. The Morgan fingerprint density at radius 3 is 2.84 bits per heavy atom. The zero-order valence-corrected chi connectivity index (χ0v) is 18.0. The van der Waals surface area contributed by atoms with Crippen molar-refractivity contribution in [3.8, 4) is 11.3 Å². The molecule has 1 fully saturated rings. The van der Waals surface area contributed by atoms with Gasteiger partial charge in [0.1, 0.15) is 5.82 Å². The number of aryl methyl sites for hydroxylation is 1. The molecule has 164 valence electrons. The van der Waals surface area contributed by atoms with Crippen LogP contribution >= 0.6 is 0 Å². The van der Waals surface area contributed by atoms with Crippen molar-refractivity contribution >= 4 is 17.0 Å². The zero-order valence-electron chi connectivity index (χ0n) is 18.0. The molecule has 2 aromatic heterocycles. The van der Waals surface area contributed by atoms with Gasteiger partial charge < -0.3 is 14.6 Å². The van der Waals surface area contributed by atoms with E-state index in [9.17, 15) is 9.18 Å². The molecule has 4 rings (SSSR count). The third kappa shape index (κ3) is 4.91. The van der Waals surface area contributed by atoms with Crippen molar-refractivity contribution in [3.05, 3.63) is 47.4 Å². The molecule has 1 aliphatic rings. The number of ether oxygens (including phenoxy) is 1. The lowest BCUT2D eigenvalue weighted by Gasteiger charge is -2.33. The first-order valence-electron chi connectivity index (χ1n) is 10.6. The minimum absolute atomic E-state index is 0.0612. The van der Waals surface area contributed by atoms with Gasteiger partial charge in [-0.2, -0.15) is 0 Å². The summed E-state index contributed by atoms with van der Waals surface area (Å²) in [5.74, 6) is 0.00355.